The molecule has 2 rings (SSSR count). The van der Waals surface area contributed by atoms with Gasteiger partial charge in [-0.3, -0.25) is 0 Å². The molecule has 17 heavy (non-hydrogen) atoms. The van der Waals surface area contributed by atoms with Gasteiger partial charge in [-0.1, -0.05) is 11.8 Å². The largest absolute Gasteiger partial charge is 0.478 e. The van der Waals surface area contributed by atoms with E-state index in [4.69, 9.17) is 9.52 Å². The predicted octanol–water partition coefficient (Wildman–Crippen LogP) is 2.97. The number of furan rings is 1. The molecule has 5 heteroatoms. The van der Waals surface area contributed by atoms with Crippen molar-refractivity contribution in [3.8, 4) is 0 Å². The highest BCUT2D eigenvalue weighted by Crippen LogP contribution is 2.26. The molecular formula is C12H11NO3S. The summed E-state index contributed by atoms with van der Waals surface area (Å²) in [5, 5.41) is 9.65. The number of carboxylic acid groups (broad SMARTS) is 1. The van der Waals surface area contributed by atoms with Gasteiger partial charge >= 0.3 is 5.97 Å². The van der Waals surface area contributed by atoms with Gasteiger partial charge in [0.15, 0.2) is 0 Å². The van der Waals surface area contributed by atoms with Crippen LogP contribution in [0.2, 0.25) is 0 Å². The number of thioether (sulfide) groups is 1. The van der Waals surface area contributed by atoms with Crippen LogP contribution in [0.1, 0.15) is 21.7 Å². The van der Waals surface area contributed by atoms with E-state index in [1.807, 2.05) is 6.07 Å². The highest BCUT2D eigenvalue weighted by molar-refractivity contribution is 7.98. The van der Waals surface area contributed by atoms with Crippen molar-refractivity contribution in [1.29, 1.82) is 0 Å². The minimum absolute atomic E-state index is 0.268. The van der Waals surface area contributed by atoms with E-state index in [0.717, 1.165) is 11.3 Å². The predicted molar refractivity (Wildman–Crippen MR) is 64.2 cm³/mol. The van der Waals surface area contributed by atoms with Crippen molar-refractivity contribution in [3.05, 3.63) is 47.5 Å². The normalized spacial score (nSPS) is 10.4. The lowest BCUT2D eigenvalue weighted by molar-refractivity contribution is 0.0691. The third-order valence-electron chi connectivity index (χ3n) is 2.27. The van der Waals surface area contributed by atoms with Gasteiger partial charge < -0.3 is 9.52 Å². The highest BCUT2D eigenvalue weighted by Gasteiger charge is 2.15. The van der Waals surface area contributed by atoms with E-state index in [9.17, 15) is 4.79 Å². The van der Waals surface area contributed by atoms with Crippen molar-refractivity contribution in [2.24, 2.45) is 0 Å². The van der Waals surface area contributed by atoms with Gasteiger partial charge in [0, 0.05) is 6.20 Å². The molecule has 0 radical (unpaired) electrons. The molecule has 0 aromatic carbocycles. The Bertz CT molecular complexity index is 523. The molecule has 0 saturated heterocycles. The van der Waals surface area contributed by atoms with E-state index in [0.29, 0.717) is 10.8 Å². The number of hydrogen-bond acceptors (Lipinski definition) is 4. The highest BCUT2D eigenvalue weighted by atomic mass is 32.2. The molecular weight excluding hydrogens is 238 g/mol. The van der Waals surface area contributed by atoms with Crippen LogP contribution >= 0.6 is 11.8 Å². The summed E-state index contributed by atoms with van der Waals surface area (Å²) in [5.41, 5.74) is 0.985. The third kappa shape index (κ3) is 2.68. The van der Waals surface area contributed by atoms with E-state index in [-0.39, 0.29) is 5.56 Å². The van der Waals surface area contributed by atoms with Crippen LogP contribution in [0.15, 0.2) is 40.1 Å². The maximum absolute atomic E-state index is 11.1. The summed E-state index contributed by atoms with van der Waals surface area (Å²) in [5.74, 6) is 0.427. The van der Waals surface area contributed by atoms with Gasteiger partial charge in [0.05, 0.1) is 17.6 Å². The smallest absolute Gasteiger partial charge is 0.338 e. The number of rotatable bonds is 4. The Morgan fingerprint density at radius 2 is 2.35 bits per heavy atom. The van der Waals surface area contributed by atoms with E-state index < -0.39 is 5.97 Å². The zero-order valence-electron chi connectivity index (χ0n) is 9.21. The number of aryl methyl sites for hydroxylation is 1. The Balaban J connectivity index is 2.21. The number of carboxylic acids is 1. The minimum Gasteiger partial charge on any atom is -0.478 e. The number of aromatic nitrogens is 1. The standard InChI is InChI=1S/C12H11NO3S/c1-8-4-5-13-11(10(8)12(14)15)17-7-9-3-2-6-16-9/h2-6H,7H2,1H3,(H,14,15). The van der Waals surface area contributed by atoms with Crippen LogP contribution in [0.3, 0.4) is 0 Å². The Kier molecular flexibility index (Phi) is 3.49. The lowest BCUT2D eigenvalue weighted by Gasteiger charge is -2.06. The number of aromatic carboxylic acids is 1. The van der Waals surface area contributed by atoms with Gasteiger partial charge in [-0.15, -0.1) is 0 Å². The Morgan fingerprint density at radius 1 is 1.53 bits per heavy atom. The first kappa shape index (κ1) is 11.7. The van der Waals surface area contributed by atoms with Crippen LogP contribution in [0, 0.1) is 6.92 Å². The van der Waals surface area contributed by atoms with E-state index >= 15 is 0 Å². The van der Waals surface area contributed by atoms with Gasteiger partial charge in [0.1, 0.15) is 10.8 Å². The van der Waals surface area contributed by atoms with Crippen LogP contribution in [0.4, 0.5) is 0 Å². The van der Waals surface area contributed by atoms with Crippen molar-refractivity contribution >= 4 is 17.7 Å². The molecule has 88 valence electrons. The molecule has 2 heterocycles. The second-order valence-electron chi connectivity index (χ2n) is 3.48. The molecule has 0 atom stereocenters. The van der Waals surface area contributed by atoms with Gasteiger partial charge in [0.2, 0.25) is 0 Å². The second-order valence-corrected chi connectivity index (χ2v) is 4.45. The molecule has 2 aromatic rings. The van der Waals surface area contributed by atoms with Crippen LogP contribution in [-0.2, 0) is 5.75 Å². The number of pyridine rings is 1. The summed E-state index contributed by atoms with van der Waals surface area (Å²) in [7, 11) is 0. The van der Waals surface area contributed by atoms with Crippen LogP contribution in [0.25, 0.3) is 0 Å². The van der Waals surface area contributed by atoms with Crippen molar-refractivity contribution in [2.75, 3.05) is 0 Å². The van der Waals surface area contributed by atoms with Crippen molar-refractivity contribution in [2.45, 2.75) is 17.7 Å². The molecule has 4 nitrogen and oxygen atoms in total. The van der Waals surface area contributed by atoms with Crippen LogP contribution < -0.4 is 0 Å². The summed E-state index contributed by atoms with van der Waals surface area (Å²) >= 11 is 1.36. The van der Waals surface area contributed by atoms with Gasteiger partial charge in [-0.25, -0.2) is 9.78 Å². The summed E-state index contributed by atoms with van der Waals surface area (Å²) < 4.78 is 5.19. The van der Waals surface area contributed by atoms with E-state index in [2.05, 4.69) is 4.98 Å². The van der Waals surface area contributed by atoms with E-state index in [1.165, 1.54) is 11.8 Å². The lowest BCUT2D eigenvalue weighted by Crippen LogP contribution is -2.03. The molecule has 0 fully saturated rings. The summed E-state index contributed by atoms with van der Waals surface area (Å²) in [4.78, 5) is 15.2. The quantitative estimate of drug-likeness (QED) is 0.844. The molecule has 0 amide bonds. The average molecular weight is 249 g/mol. The van der Waals surface area contributed by atoms with Crippen molar-refractivity contribution in [1.82, 2.24) is 4.98 Å². The monoisotopic (exact) mass is 249 g/mol. The Labute approximate surface area is 103 Å². The molecule has 0 aliphatic heterocycles. The molecule has 0 saturated carbocycles. The van der Waals surface area contributed by atoms with Crippen LogP contribution in [-0.4, -0.2) is 16.1 Å². The van der Waals surface area contributed by atoms with Crippen molar-refractivity contribution in [3.63, 3.8) is 0 Å². The first-order valence-corrected chi connectivity index (χ1v) is 6.01. The Morgan fingerprint density at radius 3 is 3.00 bits per heavy atom. The maximum atomic E-state index is 11.1. The summed E-state index contributed by atoms with van der Waals surface area (Å²) in [6, 6.07) is 5.35. The molecule has 0 unspecified atom stereocenters. The molecule has 0 spiro atoms. The van der Waals surface area contributed by atoms with Gasteiger partial charge in [-0.2, -0.15) is 0 Å². The molecule has 0 bridgehead atoms. The fraction of sp³-hybridized carbons (Fsp3) is 0.167. The number of carbonyl (C=O) groups is 1. The third-order valence-corrected chi connectivity index (χ3v) is 3.28. The molecule has 0 aliphatic carbocycles. The average Bonchev–Trinajstić information content (AvgIpc) is 2.78. The topological polar surface area (TPSA) is 63.3 Å². The lowest BCUT2D eigenvalue weighted by atomic mass is 10.2. The van der Waals surface area contributed by atoms with Crippen molar-refractivity contribution < 1.29 is 14.3 Å². The SMILES string of the molecule is Cc1ccnc(SCc2ccco2)c1C(=O)O. The zero-order valence-corrected chi connectivity index (χ0v) is 10.0. The summed E-state index contributed by atoms with van der Waals surface area (Å²) in [6.45, 7) is 1.77. The first-order valence-electron chi connectivity index (χ1n) is 5.02. The fourth-order valence-electron chi connectivity index (χ4n) is 1.44. The van der Waals surface area contributed by atoms with E-state index in [1.54, 1.807) is 31.5 Å². The number of nitrogens with zero attached hydrogens (tertiary/aromatic N) is 1. The first-order chi connectivity index (χ1) is 8.18. The summed E-state index contributed by atoms with van der Waals surface area (Å²) in [6.07, 6.45) is 3.21. The Hall–Kier alpha value is -1.75. The van der Waals surface area contributed by atoms with Crippen LogP contribution in [0.5, 0.6) is 0 Å². The molecule has 1 N–H and O–H groups in total. The maximum Gasteiger partial charge on any atom is 0.338 e. The molecule has 0 aliphatic rings. The fourth-order valence-corrected chi connectivity index (χ4v) is 2.41. The number of hydrogen-bond donors (Lipinski definition) is 1. The minimum atomic E-state index is -0.947. The van der Waals surface area contributed by atoms with Gasteiger partial charge in [-0.05, 0) is 30.7 Å². The zero-order chi connectivity index (χ0) is 12.3. The second kappa shape index (κ2) is 5.05. The molecule has 2 aromatic heterocycles. The van der Waals surface area contributed by atoms with Gasteiger partial charge in [0.25, 0.3) is 0 Å².